The number of nitro groups is 1. The van der Waals surface area contributed by atoms with E-state index in [1.54, 1.807) is 31.7 Å². The predicted molar refractivity (Wildman–Crippen MR) is 99.1 cm³/mol. The lowest BCUT2D eigenvalue weighted by molar-refractivity contribution is -0.384. The lowest BCUT2D eigenvalue weighted by Gasteiger charge is -2.26. The van der Waals surface area contributed by atoms with Crippen molar-refractivity contribution >= 4 is 23.4 Å². The molecular weight excluding hydrogens is 354 g/mol. The molecule has 27 heavy (non-hydrogen) atoms. The van der Waals surface area contributed by atoms with Gasteiger partial charge in [0.2, 0.25) is 0 Å². The number of amides is 1. The van der Waals surface area contributed by atoms with E-state index < -0.39 is 16.5 Å². The summed E-state index contributed by atoms with van der Waals surface area (Å²) >= 11 is 0. The van der Waals surface area contributed by atoms with E-state index >= 15 is 0 Å². The second-order valence-corrected chi connectivity index (χ2v) is 7.26. The van der Waals surface area contributed by atoms with Crippen molar-refractivity contribution in [1.29, 1.82) is 0 Å². The molecule has 0 atom stereocenters. The Hall–Kier alpha value is -2.84. The Balaban J connectivity index is 2.18. The Morgan fingerprint density at radius 3 is 2.44 bits per heavy atom. The SMILES string of the molecule is COC(=O)c1ccc(N2CCCN(C(=O)OC(C)(C)C)CC2)c([N+](=O)[O-])c1. The van der Waals surface area contributed by atoms with Gasteiger partial charge in [-0.3, -0.25) is 10.1 Å². The van der Waals surface area contributed by atoms with Crippen LogP contribution in [0, 0.1) is 10.1 Å². The zero-order chi connectivity index (χ0) is 20.2. The summed E-state index contributed by atoms with van der Waals surface area (Å²) in [5.41, 5.74) is -0.202. The van der Waals surface area contributed by atoms with Crippen LogP contribution in [0.15, 0.2) is 18.2 Å². The first-order chi connectivity index (χ1) is 12.6. The van der Waals surface area contributed by atoms with Crippen LogP contribution < -0.4 is 4.90 Å². The van der Waals surface area contributed by atoms with Gasteiger partial charge in [0.1, 0.15) is 11.3 Å². The maximum absolute atomic E-state index is 12.3. The highest BCUT2D eigenvalue weighted by Crippen LogP contribution is 2.30. The van der Waals surface area contributed by atoms with Gasteiger partial charge < -0.3 is 19.3 Å². The molecule has 0 spiro atoms. The summed E-state index contributed by atoms with van der Waals surface area (Å²) in [6.45, 7) is 7.31. The number of esters is 1. The van der Waals surface area contributed by atoms with Gasteiger partial charge in [-0.2, -0.15) is 0 Å². The topological polar surface area (TPSA) is 102 Å². The maximum Gasteiger partial charge on any atom is 0.410 e. The van der Waals surface area contributed by atoms with Gasteiger partial charge in [-0.15, -0.1) is 0 Å². The highest BCUT2D eigenvalue weighted by molar-refractivity contribution is 5.91. The molecule has 2 rings (SSSR count). The lowest BCUT2D eigenvalue weighted by Crippen LogP contribution is -2.39. The third-order valence-electron chi connectivity index (χ3n) is 4.08. The molecule has 1 aromatic carbocycles. The number of hydrogen-bond donors (Lipinski definition) is 0. The zero-order valence-corrected chi connectivity index (χ0v) is 16.1. The number of ether oxygens (including phenoxy) is 2. The van der Waals surface area contributed by atoms with E-state index in [0.29, 0.717) is 38.3 Å². The lowest BCUT2D eigenvalue weighted by atomic mass is 10.1. The number of anilines is 1. The molecule has 0 unspecified atom stereocenters. The third-order valence-corrected chi connectivity index (χ3v) is 4.08. The van der Waals surface area contributed by atoms with Gasteiger partial charge in [-0.1, -0.05) is 0 Å². The largest absolute Gasteiger partial charge is 0.465 e. The van der Waals surface area contributed by atoms with E-state index in [9.17, 15) is 19.7 Å². The van der Waals surface area contributed by atoms with Gasteiger partial charge in [0.15, 0.2) is 0 Å². The van der Waals surface area contributed by atoms with Gasteiger partial charge in [0.25, 0.3) is 5.69 Å². The van der Waals surface area contributed by atoms with Crippen LogP contribution in [0.1, 0.15) is 37.6 Å². The Kier molecular flexibility index (Phi) is 6.24. The molecule has 1 aliphatic rings. The van der Waals surface area contributed by atoms with Gasteiger partial charge >= 0.3 is 12.1 Å². The van der Waals surface area contributed by atoms with E-state index in [1.807, 2.05) is 4.90 Å². The van der Waals surface area contributed by atoms with Crippen molar-refractivity contribution < 1.29 is 24.0 Å². The normalized spacial score (nSPS) is 15.1. The fourth-order valence-electron chi connectivity index (χ4n) is 2.85. The molecule has 0 aliphatic carbocycles. The standard InChI is InChI=1S/C18H25N3O6/c1-18(2,3)27-17(23)20-9-5-8-19(10-11-20)14-7-6-13(16(22)26-4)12-15(14)21(24)25/h6-7,12H,5,8-11H2,1-4H3. The van der Waals surface area contributed by atoms with E-state index in [2.05, 4.69) is 4.74 Å². The van der Waals surface area contributed by atoms with Gasteiger partial charge in [0, 0.05) is 32.2 Å². The molecule has 1 amide bonds. The Morgan fingerprint density at radius 2 is 1.85 bits per heavy atom. The summed E-state index contributed by atoms with van der Waals surface area (Å²) < 4.78 is 10.0. The van der Waals surface area contributed by atoms with Crippen LogP contribution in [0.4, 0.5) is 16.2 Å². The average Bonchev–Trinajstić information content (AvgIpc) is 2.85. The minimum atomic E-state index is -0.628. The summed E-state index contributed by atoms with van der Waals surface area (Å²) in [5, 5.41) is 11.5. The second-order valence-electron chi connectivity index (χ2n) is 7.26. The van der Waals surface area contributed by atoms with Crippen LogP contribution in [-0.2, 0) is 9.47 Å². The number of hydrogen-bond acceptors (Lipinski definition) is 7. The van der Waals surface area contributed by atoms with E-state index in [-0.39, 0.29) is 17.3 Å². The fourth-order valence-corrected chi connectivity index (χ4v) is 2.85. The molecule has 1 fully saturated rings. The smallest absolute Gasteiger partial charge is 0.410 e. The van der Waals surface area contributed by atoms with Crippen LogP contribution in [0.2, 0.25) is 0 Å². The van der Waals surface area contributed by atoms with Crippen molar-refractivity contribution in [3.05, 3.63) is 33.9 Å². The molecule has 1 saturated heterocycles. The van der Waals surface area contributed by atoms with Crippen LogP contribution in [0.25, 0.3) is 0 Å². The molecule has 0 aromatic heterocycles. The minimum Gasteiger partial charge on any atom is -0.465 e. The number of benzene rings is 1. The Labute approximate surface area is 158 Å². The molecule has 1 aromatic rings. The Morgan fingerprint density at radius 1 is 1.15 bits per heavy atom. The number of methoxy groups -OCH3 is 1. The highest BCUT2D eigenvalue weighted by atomic mass is 16.6. The molecule has 0 radical (unpaired) electrons. The maximum atomic E-state index is 12.3. The van der Waals surface area contributed by atoms with Crippen molar-refractivity contribution in [3.8, 4) is 0 Å². The molecule has 1 aliphatic heterocycles. The number of carbonyl (C=O) groups excluding carboxylic acids is 2. The van der Waals surface area contributed by atoms with Crippen molar-refractivity contribution in [2.24, 2.45) is 0 Å². The van der Waals surface area contributed by atoms with Crippen molar-refractivity contribution in [3.63, 3.8) is 0 Å². The third kappa shape index (κ3) is 5.32. The number of carbonyl (C=O) groups is 2. The van der Waals surface area contributed by atoms with Crippen LogP contribution in [0.3, 0.4) is 0 Å². The molecule has 0 bridgehead atoms. The second kappa shape index (κ2) is 8.24. The number of nitro benzene ring substituents is 1. The monoisotopic (exact) mass is 379 g/mol. The van der Waals surface area contributed by atoms with Crippen molar-refractivity contribution in [1.82, 2.24) is 4.90 Å². The summed E-state index contributed by atoms with van der Waals surface area (Å²) in [6.07, 6.45) is 0.259. The molecule has 0 saturated carbocycles. The molecule has 148 valence electrons. The molecule has 1 heterocycles. The number of nitrogens with zero attached hydrogens (tertiary/aromatic N) is 3. The minimum absolute atomic E-state index is 0.123. The Bertz CT molecular complexity index is 728. The first kappa shape index (κ1) is 20.5. The summed E-state index contributed by atoms with van der Waals surface area (Å²) in [5.74, 6) is -0.628. The van der Waals surface area contributed by atoms with E-state index in [0.717, 1.165) is 0 Å². The van der Waals surface area contributed by atoms with Gasteiger partial charge in [-0.25, -0.2) is 9.59 Å². The summed E-state index contributed by atoms with van der Waals surface area (Å²) in [4.78, 5) is 38.3. The molecule has 9 heteroatoms. The van der Waals surface area contributed by atoms with Crippen LogP contribution >= 0.6 is 0 Å². The first-order valence-electron chi connectivity index (χ1n) is 8.72. The zero-order valence-electron chi connectivity index (χ0n) is 16.1. The van der Waals surface area contributed by atoms with E-state index in [1.165, 1.54) is 19.2 Å². The molecular formula is C18H25N3O6. The number of rotatable bonds is 3. The highest BCUT2D eigenvalue weighted by Gasteiger charge is 2.27. The first-order valence-corrected chi connectivity index (χ1v) is 8.72. The molecule has 0 N–H and O–H groups in total. The quantitative estimate of drug-likeness (QED) is 0.452. The molecule has 9 nitrogen and oxygen atoms in total. The summed E-state index contributed by atoms with van der Waals surface area (Å²) in [7, 11) is 1.22. The van der Waals surface area contributed by atoms with Crippen molar-refractivity contribution in [2.45, 2.75) is 32.8 Å². The summed E-state index contributed by atoms with van der Waals surface area (Å²) in [6, 6.07) is 4.27. The van der Waals surface area contributed by atoms with Gasteiger partial charge in [-0.05, 0) is 39.3 Å². The van der Waals surface area contributed by atoms with Gasteiger partial charge in [0.05, 0.1) is 17.6 Å². The van der Waals surface area contributed by atoms with E-state index in [4.69, 9.17) is 4.74 Å². The predicted octanol–water partition coefficient (Wildman–Crippen LogP) is 2.83. The van der Waals surface area contributed by atoms with Crippen LogP contribution in [0.5, 0.6) is 0 Å². The fraction of sp³-hybridized carbons (Fsp3) is 0.556. The average molecular weight is 379 g/mol. The van der Waals surface area contributed by atoms with Crippen LogP contribution in [-0.4, -0.2) is 60.8 Å². The van der Waals surface area contributed by atoms with Crippen molar-refractivity contribution in [2.75, 3.05) is 38.2 Å².